The average Bonchev–Trinajstić information content (AvgIpc) is 2.57. The second kappa shape index (κ2) is 3.02. The van der Waals surface area contributed by atoms with Crippen molar-refractivity contribution in [3.8, 4) is 0 Å². The van der Waals surface area contributed by atoms with Gasteiger partial charge in [0.25, 0.3) is 0 Å². The maximum Gasteiger partial charge on any atom is -0.0169 e. The SMILES string of the molecule is CC(C)(C)C1(C(C)(C)C)CC2CCC1C2. The maximum absolute atomic E-state index is 2.47. The van der Waals surface area contributed by atoms with Crippen LogP contribution in [0, 0.1) is 28.1 Å². The van der Waals surface area contributed by atoms with Crippen LogP contribution in [0.1, 0.15) is 67.2 Å². The quantitative estimate of drug-likeness (QED) is 0.532. The highest BCUT2D eigenvalue weighted by Gasteiger charge is 2.61. The van der Waals surface area contributed by atoms with E-state index in [1.54, 1.807) is 0 Å². The van der Waals surface area contributed by atoms with Gasteiger partial charge in [0.05, 0.1) is 0 Å². The minimum absolute atomic E-state index is 0.463. The molecule has 0 amide bonds. The lowest BCUT2D eigenvalue weighted by Gasteiger charge is -2.57. The van der Waals surface area contributed by atoms with E-state index in [1.165, 1.54) is 25.7 Å². The van der Waals surface area contributed by atoms with Crippen molar-refractivity contribution in [3.05, 3.63) is 0 Å². The summed E-state index contributed by atoms with van der Waals surface area (Å²) in [6, 6.07) is 0. The maximum atomic E-state index is 2.47. The number of hydrogen-bond acceptors (Lipinski definition) is 0. The van der Waals surface area contributed by atoms with Crippen LogP contribution in [0.5, 0.6) is 0 Å². The van der Waals surface area contributed by atoms with Gasteiger partial charge < -0.3 is 0 Å². The summed E-state index contributed by atoms with van der Waals surface area (Å²) < 4.78 is 0. The summed E-state index contributed by atoms with van der Waals surface area (Å²) in [5, 5.41) is 0. The first-order chi connectivity index (χ1) is 6.68. The smallest absolute Gasteiger partial charge is 0.0169 e. The lowest BCUT2D eigenvalue weighted by molar-refractivity contribution is -0.0804. The molecule has 15 heavy (non-hydrogen) atoms. The summed E-state index contributed by atoms with van der Waals surface area (Å²) >= 11 is 0. The molecule has 2 fully saturated rings. The van der Waals surface area contributed by atoms with Crippen LogP contribution in [0.2, 0.25) is 0 Å². The van der Waals surface area contributed by atoms with Crippen molar-refractivity contribution in [3.63, 3.8) is 0 Å². The van der Waals surface area contributed by atoms with Crippen molar-refractivity contribution in [1.82, 2.24) is 0 Å². The molecular weight excluding hydrogens is 180 g/mol. The van der Waals surface area contributed by atoms with Gasteiger partial charge in [-0.25, -0.2) is 0 Å². The van der Waals surface area contributed by atoms with E-state index < -0.39 is 0 Å². The Balaban J connectivity index is 2.42. The predicted molar refractivity (Wildman–Crippen MR) is 66.8 cm³/mol. The van der Waals surface area contributed by atoms with Crippen molar-refractivity contribution in [2.45, 2.75) is 67.2 Å². The van der Waals surface area contributed by atoms with Crippen LogP contribution in [-0.4, -0.2) is 0 Å². The summed E-state index contributed by atoms with van der Waals surface area (Å²) in [6.07, 6.45) is 6.02. The van der Waals surface area contributed by atoms with Gasteiger partial charge in [0, 0.05) is 0 Å². The van der Waals surface area contributed by atoms with Gasteiger partial charge in [0.2, 0.25) is 0 Å². The Kier molecular flexibility index (Phi) is 2.31. The third-order valence-corrected chi connectivity index (χ3v) is 5.53. The molecule has 2 saturated carbocycles. The molecule has 0 nitrogen and oxygen atoms in total. The summed E-state index contributed by atoms with van der Waals surface area (Å²) in [5.41, 5.74) is 1.51. The van der Waals surface area contributed by atoms with Crippen molar-refractivity contribution in [2.24, 2.45) is 28.1 Å². The van der Waals surface area contributed by atoms with E-state index in [2.05, 4.69) is 41.5 Å². The Bertz CT molecular complexity index is 234. The largest absolute Gasteiger partial charge is 0.0596 e. The third-order valence-electron chi connectivity index (χ3n) is 5.53. The Morgan fingerprint density at radius 3 is 1.60 bits per heavy atom. The fraction of sp³-hybridized carbons (Fsp3) is 1.00. The van der Waals surface area contributed by atoms with Crippen molar-refractivity contribution < 1.29 is 0 Å². The molecule has 0 aromatic carbocycles. The molecule has 0 heterocycles. The van der Waals surface area contributed by atoms with Crippen LogP contribution in [0.3, 0.4) is 0 Å². The van der Waals surface area contributed by atoms with Crippen molar-refractivity contribution >= 4 is 0 Å². The molecule has 0 saturated heterocycles. The van der Waals surface area contributed by atoms with E-state index in [4.69, 9.17) is 0 Å². The second-order valence-electron chi connectivity index (χ2n) is 8.05. The zero-order valence-corrected chi connectivity index (χ0v) is 11.5. The standard InChI is InChI=1S/C15H28/c1-13(2,3)15(14(4,5)6)10-11-7-8-12(15)9-11/h11-12H,7-10H2,1-6H3. The monoisotopic (exact) mass is 208 g/mol. The van der Waals surface area contributed by atoms with E-state index in [0.717, 1.165) is 11.8 Å². The molecule has 2 unspecified atom stereocenters. The Morgan fingerprint density at radius 2 is 1.40 bits per heavy atom. The van der Waals surface area contributed by atoms with Gasteiger partial charge in [-0.1, -0.05) is 48.0 Å². The van der Waals surface area contributed by atoms with E-state index in [1.807, 2.05) is 0 Å². The normalized spacial score (nSPS) is 34.8. The minimum Gasteiger partial charge on any atom is -0.0596 e. The zero-order chi connectivity index (χ0) is 11.5. The summed E-state index contributed by atoms with van der Waals surface area (Å²) in [7, 11) is 0. The van der Waals surface area contributed by atoms with Crippen LogP contribution < -0.4 is 0 Å². The topological polar surface area (TPSA) is 0 Å². The van der Waals surface area contributed by atoms with Gasteiger partial charge in [-0.15, -0.1) is 0 Å². The molecule has 2 rings (SSSR count). The molecule has 0 aromatic rings. The van der Waals surface area contributed by atoms with Crippen LogP contribution in [0.4, 0.5) is 0 Å². The summed E-state index contributed by atoms with van der Waals surface area (Å²) in [5.74, 6) is 2.05. The van der Waals surface area contributed by atoms with Crippen LogP contribution in [0.25, 0.3) is 0 Å². The molecule has 0 spiro atoms. The molecule has 2 aliphatic rings. The highest BCUT2D eigenvalue weighted by atomic mass is 14.7. The Morgan fingerprint density at radius 1 is 0.867 bits per heavy atom. The first-order valence-electron chi connectivity index (χ1n) is 6.68. The highest BCUT2D eigenvalue weighted by Crippen LogP contribution is 2.69. The second-order valence-corrected chi connectivity index (χ2v) is 8.05. The molecule has 2 bridgehead atoms. The van der Waals surface area contributed by atoms with Gasteiger partial charge in [-0.05, 0) is 47.3 Å². The van der Waals surface area contributed by atoms with Crippen molar-refractivity contribution in [2.75, 3.05) is 0 Å². The average molecular weight is 208 g/mol. The summed E-state index contributed by atoms with van der Waals surface area (Å²) in [4.78, 5) is 0. The zero-order valence-electron chi connectivity index (χ0n) is 11.5. The number of fused-ring (bicyclic) bond motifs is 2. The molecule has 2 atom stereocenters. The van der Waals surface area contributed by atoms with Crippen LogP contribution in [-0.2, 0) is 0 Å². The fourth-order valence-electron chi connectivity index (χ4n) is 5.29. The first kappa shape index (κ1) is 11.5. The van der Waals surface area contributed by atoms with E-state index in [0.29, 0.717) is 16.2 Å². The van der Waals surface area contributed by atoms with Crippen molar-refractivity contribution in [1.29, 1.82) is 0 Å². The lowest BCUT2D eigenvalue weighted by atomic mass is 9.48. The molecule has 0 aromatic heterocycles. The van der Waals surface area contributed by atoms with E-state index in [-0.39, 0.29) is 0 Å². The van der Waals surface area contributed by atoms with Gasteiger partial charge in [-0.2, -0.15) is 0 Å². The Hall–Kier alpha value is 0. The van der Waals surface area contributed by atoms with Gasteiger partial charge in [0.15, 0.2) is 0 Å². The lowest BCUT2D eigenvalue weighted by Crippen LogP contribution is -2.49. The molecule has 88 valence electrons. The molecule has 0 N–H and O–H groups in total. The van der Waals surface area contributed by atoms with E-state index in [9.17, 15) is 0 Å². The van der Waals surface area contributed by atoms with Gasteiger partial charge >= 0.3 is 0 Å². The predicted octanol–water partition coefficient (Wildman–Crippen LogP) is 4.89. The molecule has 0 radical (unpaired) electrons. The number of hydrogen-bond donors (Lipinski definition) is 0. The Labute approximate surface area is 95.8 Å². The van der Waals surface area contributed by atoms with Gasteiger partial charge in [-0.3, -0.25) is 0 Å². The number of rotatable bonds is 0. The minimum atomic E-state index is 0.463. The molecule has 2 aliphatic carbocycles. The highest BCUT2D eigenvalue weighted by molar-refractivity contribution is 5.10. The van der Waals surface area contributed by atoms with Gasteiger partial charge in [0.1, 0.15) is 0 Å². The molecule has 0 aliphatic heterocycles. The van der Waals surface area contributed by atoms with Crippen LogP contribution in [0.15, 0.2) is 0 Å². The summed E-state index contributed by atoms with van der Waals surface area (Å²) in [6.45, 7) is 14.8. The molecular formula is C15H28. The third kappa shape index (κ3) is 1.40. The van der Waals surface area contributed by atoms with Crippen LogP contribution >= 0.6 is 0 Å². The van der Waals surface area contributed by atoms with E-state index >= 15 is 0 Å². The first-order valence-corrected chi connectivity index (χ1v) is 6.68. The fourth-order valence-corrected chi connectivity index (χ4v) is 5.29. The molecule has 0 heteroatoms.